The van der Waals surface area contributed by atoms with E-state index in [1.807, 2.05) is 0 Å². The zero-order valence-electron chi connectivity index (χ0n) is 15.3. The normalized spacial score (nSPS) is 16.0. The Morgan fingerprint density at radius 1 is 1.17 bits per heavy atom. The van der Waals surface area contributed by atoms with E-state index in [4.69, 9.17) is 16.3 Å². The molecule has 0 saturated heterocycles. The van der Waals surface area contributed by atoms with Crippen LogP contribution in [0.1, 0.15) is 22.8 Å². The molecule has 12 heteroatoms. The fourth-order valence-electron chi connectivity index (χ4n) is 2.29. The van der Waals surface area contributed by atoms with Crippen molar-refractivity contribution in [3.8, 4) is 6.07 Å². The quantitative estimate of drug-likeness (QED) is 0.476. The van der Waals surface area contributed by atoms with Gasteiger partial charge in [-0.25, -0.2) is 4.39 Å². The topological polar surface area (TPSA) is 62.1 Å². The van der Waals surface area contributed by atoms with Gasteiger partial charge in [0.15, 0.2) is 0 Å². The van der Waals surface area contributed by atoms with Crippen LogP contribution in [-0.2, 0) is 11.3 Å². The maximum absolute atomic E-state index is 13.0. The lowest BCUT2D eigenvalue weighted by Gasteiger charge is -2.40. The largest absolute Gasteiger partial charge is 0.373 e. The first-order valence-electron chi connectivity index (χ1n) is 8.13. The maximum Gasteiger partial charge on any atom is 0.310 e. The smallest absolute Gasteiger partial charge is 0.310 e. The fraction of sp³-hybridized carbons (Fsp3) is 0.222. The van der Waals surface area contributed by atoms with E-state index in [1.165, 1.54) is 13.0 Å². The number of benzene rings is 2. The first-order chi connectivity index (χ1) is 13.5. The lowest BCUT2D eigenvalue weighted by atomic mass is 10.1. The molecule has 2 rings (SSSR count). The molecule has 1 N–H and O–H groups in total. The Kier molecular flexibility index (Phi) is 5.86. The Labute approximate surface area is 173 Å². The molecule has 0 radical (unpaired) electrons. The Morgan fingerprint density at radius 3 is 2.27 bits per heavy atom. The number of hydrogen-bond acceptors (Lipinski definition) is 3. The van der Waals surface area contributed by atoms with Crippen molar-refractivity contribution in [2.75, 3.05) is 6.61 Å². The van der Waals surface area contributed by atoms with E-state index >= 15 is 0 Å². The van der Waals surface area contributed by atoms with Gasteiger partial charge in [0, 0.05) is 10.6 Å². The molecule has 30 heavy (non-hydrogen) atoms. The number of hydrogen-bond donors (Lipinski definition) is 1. The zero-order valence-corrected chi connectivity index (χ0v) is 16.8. The number of nitrogens with zero attached hydrogens (tertiary/aromatic N) is 1. The molecule has 1 amide bonds. The third-order valence-corrected chi connectivity index (χ3v) is 5.38. The van der Waals surface area contributed by atoms with E-state index in [-0.39, 0.29) is 35.9 Å². The van der Waals surface area contributed by atoms with Crippen LogP contribution in [0.5, 0.6) is 0 Å². The van der Waals surface area contributed by atoms with Gasteiger partial charge in [-0.2, -0.15) is 5.26 Å². The summed E-state index contributed by atoms with van der Waals surface area (Å²) in [6.45, 7) is 0.845. The van der Waals surface area contributed by atoms with Gasteiger partial charge in [-0.15, -0.1) is 0 Å². The highest BCUT2D eigenvalue weighted by Gasteiger charge is 2.65. The van der Waals surface area contributed by atoms with Gasteiger partial charge in [-0.1, -0.05) is 37.1 Å². The second-order valence-electron chi connectivity index (χ2n) is 6.62. The highest BCUT2D eigenvalue weighted by molar-refractivity contribution is 8.45. The van der Waals surface area contributed by atoms with Gasteiger partial charge in [0.2, 0.25) is 0 Å². The zero-order chi connectivity index (χ0) is 22.9. The summed E-state index contributed by atoms with van der Waals surface area (Å²) in [5.74, 6) is -1.51. The van der Waals surface area contributed by atoms with Crippen molar-refractivity contribution in [1.29, 1.82) is 5.26 Å². The van der Waals surface area contributed by atoms with E-state index in [0.717, 1.165) is 12.1 Å². The number of carbonyl (C=O) groups excluding carboxylic acids is 1. The monoisotopic (exact) mass is 472 g/mol. The number of nitrogens with one attached hydrogen (secondary N) is 1. The van der Waals surface area contributed by atoms with Crippen molar-refractivity contribution >= 4 is 27.7 Å². The highest BCUT2D eigenvalue weighted by atomic mass is 35.5. The summed E-state index contributed by atoms with van der Waals surface area (Å²) in [7, 11) is -9.85. The van der Waals surface area contributed by atoms with Crippen LogP contribution in [0.2, 0.25) is 5.02 Å². The molecule has 4 nitrogen and oxygen atoms in total. The molecular weight excluding hydrogens is 458 g/mol. The van der Waals surface area contributed by atoms with E-state index in [1.54, 1.807) is 6.07 Å². The summed E-state index contributed by atoms with van der Waals surface area (Å²) in [6.07, 6.45) is 0. The van der Waals surface area contributed by atoms with Crippen LogP contribution in [0.25, 0.3) is 0 Å². The SMILES string of the molecule is CC(C#N)(COCc1ccc(F)cc1Cl)NC(=O)c1ccc(S(F)(F)(F)(F)F)cc1. The van der Waals surface area contributed by atoms with Gasteiger partial charge in [0.25, 0.3) is 5.91 Å². The molecule has 0 aliphatic heterocycles. The van der Waals surface area contributed by atoms with Crippen molar-refractivity contribution in [1.82, 2.24) is 5.32 Å². The lowest BCUT2D eigenvalue weighted by molar-refractivity contribution is 0.0704. The molecule has 0 fully saturated rings. The summed E-state index contributed by atoms with van der Waals surface area (Å²) in [5.41, 5.74) is -1.53. The average Bonchev–Trinajstić information content (AvgIpc) is 2.62. The fourth-order valence-corrected chi connectivity index (χ4v) is 3.16. The Hall–Kier alpha value is -2.42. The number of carbonyl (C=O) groups is 1. The minimum atomic E-state index is -9.85. The van der Waals surface area contributed by atoms with Crippen LogP contribution < -0.4 is 5.32 Å². The molecule has 0 saturated carbocycles. The summed E-state index contributed by atoms with van der Waals surface area (Å²) >= 11 is 5.86. The van der Waals surface area contributed by atoms with Crippen molar-refractivity contribution in [2.24, 2.45) is 0 Å². The van der Waals surface area contributed by atoms with E-state index < -0.39 is 32.4 Å². The Balaban J connectivity index is 2.05. The number of nitriles is 1. The summed E-state index contributed by atoms with van der Waals surface area (Å²) in [4.78, 5) is 10.1. The number of ether oxygens (including phenoxy) is 1. The van der Waals surface area contributed by atoms with E-state index in [9.17, 15) is 33.9 Å². The third-order valence-electron chi connectivity index (χ3n) is 3.86. The molecule has 2 aromatic carbocycles. The second-order valence-corrected chi connectivity index (χ2v) is 9.44. The van der Waals surface area contributed by atoms with Crippen LogP contribution in [0.15, 0.2) is 47.4 Å². The first-order valence-corrected chi connectivity index (χ1v) is 10.5. The molecule has 2 aromatic rings. The minimum absolute atomic E-state index is 0.0988. The maximum atomic E-state index is 13.0. The number of amides is 1. The Bertz CT molecular complexity index is 1010. The van der Waals surface area contributed by atoms with Crippen molar-refractivity contribution < 1.29 is 33.4 Å². The molecule has 0 heterocycles. The van der Waals surface area contributed by atoms with Crippen LogP contribution in [0, 0.1) is 17.1 Å². The van der Waals surface area contributed by atoms with Gasteiger partial charge in [0.1, 0.15) is 16.3 Å². The summed E-state index contributed by atoms with van der Waals surface area (Å²) in [5, 5.41) is 11.7. The average molecular weight is 473 g/mol. The molecule has 0 aliphatic rings. The van der Waals surface area contributed by atoms with E-state index in [2.05, 4.69) is 5.32 Å². The minimum Gasteiger partial charge on any atom is -0.373 e. The predicted molar refractivity (Wildman–Crippen MR) is 100 cm³/mol. The van der Waals surface area contributed by atoms with E-state index in [0.29, 0.717) is 17.7 Å². The van der Waals surface area contributed by atoms with Gasteiger partial charge in [-0.3, -0.25) is 4.79 Å². The van der Waals surface area contributed by atoms with Crippen LogP contribution in [0.3, 0.4) is 0 Å². The highest BCUT2D eigenvalue weighted by Crippen LogP contribution is 3.02. The lowest BCUT2D eigenvalue weighted by Crippen LogP contribution is -2.48. The Morgan fingerprint density at radius 2 is 1.77 bits per heavy atom. The predicted octanol–water partition coefficient (Wildman–Crippen LogP) is 6.37. The molecule has 0 bridgehead atoms. The summed E-state index contributed by atoms with van der Waals surface area (Å²) < 4.78 is 82.1. The number of rotatable bonds is 7. The van der Waals surface area contributed by atoms with Crippen LogP contribution >= 0.6 is 21.8 Å². The van der Waals surface area contributed by atoms with Crippen molar-refractivity contribution in [2.45, 2.75) is 24.0 Å². The van der Waals surface area contributed by atoms with Gasteiger partial charge in [-0.05, 0) is 48.9 Å². The number of halogens is 7. The van der Waals surface area contributed by atoms with Gasteiger partial charge >= 0.3 is 10.2 Å². The second kappa shape index (κ2) is 7.37. The molecule has 1 unspecified atom stereocenters. The molecule has 0 aromatic heterocycles. The van der Waals surface area contributed by atoms with Gasteiger partial charge < -0.3 is 10.1 Å². The molecular formula is C18H15ClF6N2O2S. The van der Waals surface area contributed by atoms with Crippen LogP contribution in [0.4, 0.5) is 23.8 Å². The summed E-state index contributed by atoms with van der Waals surface area (Å²) in [6, 6.07) is 6.77. The molecule has 0 spiro atoms. The van der Waals surface area contributed by atoms with Crippen molar-refractivity contribution in [3.05, 3.63) is 64.4 Å². The molecule has 164 valence electrons. The van der Waals surface area contributed by atoms with Gasteiger partial charge in [0.05, 0.1) is 19.3 Å². The third kappa shape index (κ3) is 6.29. The molecule has 0 aliphatic carbocycles. The molecule has 1 atom stereocenters. The standard InChI is InChI=1S/C18H15ClF6N2O2S/c1-18(10-26,11-29-9-13-2-5-14(20)8-16(13)19)27-17(28)12-3-6-15(7-4-12)30(21,22,23,24)25/h2-8H,9,11H2,1H3,(H,27,28). The first kappa shape index (κ1) is 23.9. The van der Waals surface area contributed by atoms with Crippen LogP contribution in [-0.4, -0.2) is 18.1 Å². The van der Waals surface area contributed by atoms with Crippen molar-refractivity contribution in [3.63, 3.8) is 0 Å².